The van der Waals surface area contributed by atoms with Crippen LogP contribution in [0.5, 0.6) is 11.5 Å². The molecule has 0 spiro atoms. The molecule has 0 aliphatic carbocycles. The number of phenolic OH excluding ortho intramolecular Hbond substituents is 1. The summed E-state index contributed by atoms with van der Waals surface area (Å²) in [7, 11) is 0. The van der Waals surface area contributed by atoms with Gasteiger partial charge in [-0.15, -0.1) is 11.8 Å². The molecule has 0 amide bonds. The van der Waals surface area contributed by atoms with E-state index in [1.165, 1.54) is 11.8 Å². The first-order valence-electron chi connectivity index (χ1n) is 5.68. The smallest absolute Gasteiger partial charge is 0.321 e. The Balaban J connectivity index is 2.14. The second kappa shape index (κ2) is 5.49. The van der Waals surface area contributed by atoms with Crippen LogP contribution in [0.25, 0.3) is 0 Å². The number of carbonyl (C=O) groups is 1. The van der Waals surface area contributed by atoms with E-state index in [9.17, 15) is 9.90 Å². The summed E-state index contributed by atoms with van der Waals surface area (Å²) in [6.45, 7) is 2.31. The summed E-state index contributed by atoms with van der Waals surface area (Å²) in [5.74, 6) is 0.216. The van der Waals surface area contributed by atoms with Gasteiger partial charge in [-0.05, 0) is 24.6 Å². The van der Waals surface area contributed by atoms with Gasteiger partial charge in [0.05, 0.1) is 12.0 Å². The molecular formula is C12H15NO4S. The molecule has 2 atom stereocenters. The largest absolute Gasteiger partial charge is 0.504 e. The minimum atomic E-state index is -0.839. The normalized spacial score (nSPS) is 22.9. The molecule has 1 fully saturated rings. The first-order valence-corrected chi connectivity index (χ1v) is 6.73. The van der Waals surface area contributed by atoms with Crippen molar-refractivity contribution in [3.63, 3.8) is 0 Å². The monoisotopic (exact) mass is 269 g/mol. The highest BCUT2D eigenvalue weighted by Crippen LogP contribution is 2.37. The highest BCUT2D eigenvalue weighted by molar-refractivity contribution is 7.99. The molecule has 0 saturated carbocycles. The summed E-state index contributed by atoms with van der Waals surface area (Å²) in [6.07, 6.45) is 0. The molecule has 1 aromatic rings. The lowest BCUT2D eigenvalue weighted by atomic mass is 10.2. The number of thioether (sulfide) groups is 1. The highest BCUT2D eigenvalue weighted by atomic mass is 32.2. The molecule has 1 aliphatic heterocycles. The van der Waals surface area contributed by atoms with E-state index in [1.54, 1.807) is 18.2 Å². The maximum Gasteiger partial charge on any atom is 0.321 e. The van der Waals surface area contributed by atoms with Crippen molar-refractivity contribution < 1.29 is 19.7 Å². The average Bonchev–Trinajstić information content (AvgIpc) is 2.82. The maximum absolute atomic E-state index is 10.9. The zero-order chi connectivity index (χ0) is 13.1. The van der Waals surface area contributed by atoms with Crippen LogP contribution in [0.4, 0.5) is 0 Å². The third kappa shape index (κ3) is 2.70. The Kier molecular flexibility index (Phi) is 3.98. The van der Waals surface area contributed by atoms with Crippen LogP contribution in [0.15, 0.2) is 18.2 Å². The van der Waals surface area contributed by atoms with Crippen molar-refractivity contribution in [2.45, 2.75) is 18.3 Å². The summed E-state index contributed by atoms with van der Waals surface area (Å²) in [5, 5.41) is 21.5. The fourth-order valence-electron chi connectivity index (χ4n) is 1.77. The van der Waals surface area contributed by atoms with E-state index in [0.29, 0.717) is 18.1 Å². The van der Waals surface area contributed by atoms with E-state index < -0.39 is 12.0 Å². The Hall–Kier alpha value is -1.40. The number of benzene rings is 1. The van der Waals surface area contributed by atoms with Crippen molar-refractivity contribution in [2.24, 2.45) is 0 Å². The molecule has 2 rings (SSSR count). The summed E-state index contributed by atoms with van der Waals surface area (Å²) < 4.78 is 5.31. The van der Waals surface area contributed by atoms with Gasteiger partial charge in [-0.3, -0.25) is 10.1 Å². The third-order valence-electron chi connectivity index (χ3n) is 2.67. The van der Waals surface area contributed by atoms with Crippen molar-refractivity contribution in [1.82, 2.24) is 5.32 Å². The maximum atomic E-state index is 10.9. The predicted octanol–water partition coefficient (Wildman–Crippen LogP) is 1.58. The minimum Gasteiger partial charge on any atom is -0.504 e. The SMILES string of the molecule is CCOc1cc(C2NC(C(=O)O)CS2)ccc1O. The Morgan fingerprint density at radius 2 is 2.39 bits per heavy atom. The van der Waals surface area contributed by atoms with Crippen molar-refractivity contribution in [1.29, 1.82) is 0 Å². The topological polar surface area (TPSA) is 78.8 Å². The van der Waals surface area contributed by atoms with Crippen LogP contribution in [0.2, 0.25) is 0 Å². The van der Waals surface area contributed by atoms with Gasteiger partial charge in [0.25, 0.3) is 0 Å². The number of hydrogen-bond acceptors (Lipinski definition) is 5. The fourth-order valence-corrected chi connectivity index (χ4v) is 2.99. The molecule has 5 nitrogen and oxygen atoms in total. The number of aliphatic carboxylic acids is 1. The number of nitrogens with one attached hydrogen (secondary N) is 1. The van der Waals surface area contributed by atoms with E-state index >= 15 is 0 Å². The van der Waals surface area contributed by atoms with Crippen LogP contribution >= 0.6 is 11.8 Å². The first-order chi connectivity index (χ1) is 8.61. The summed E-state index contributed by atoms with van der Waals surface area (Å²) in [5.41, 5.74) is 0.907. The average molecular weight is 269 g/mol. The molecule has 6 heteroatoms. The zero-order valence-corrected chi connectivity index (χ0v) is 10.7. The van der Waals surface area contributed by atoms with Gasteiger partial charge in [0.15, 0.2) is 11.5 Å². The van der Waals surface area contributed by atoms with Crippen LogP contribution in [0.3, 0.4) is 0 Å². The van der Waals surface area contributed by atoms with Gasteiger partial charge in [-0.1, -0.05) is 6.07 Å². The molecular weight excluding hydrogens is 254 g/mol. The molecule has 98 valence electrons. The van der Waals surface area contributed by atoms with Gasteiger partial charge in [0.1, 0.15) is 6.04 Å². The lowest BCUT2D eigenvalue weighted by molar-refractivity contribution is -0.138. The van der Waals surface area contributed by atoms with Crippen LogP contribution in [0, 0.1) is 0 Å². The molecule has 2 unspecified atom stereocenters. The van der Waals surface area contributed by atoms with E-state index in [0.717, 1.165) is 5.56 Å². The van der Waals surface area contributed by atoms with Gasteiger partial charge >= 0.3 is 5.97 Å². The van der Waals surface area contributed by atoms with Crippen LogP contribution in [-0.2, 0) is 4.79 Å². The van der Waals surface area contributed by atoms with Gasteiger partial charge in [-0.25, -0.2) is 0 Å². The molecule has 0 aromatic heterocycles. The van der Waals surface area contributed by atoms with Crippen LogP contribution < -0.4 is 10.1 Å². The third-order valence-corrected chi connectivity index (χ3v) is 3.93. The Morgan fingerprint density at radius 3 is 3.00 bits per heavy atom. The summed E-state index contributed by atoms with van der Waals surface area (Å²) in [4.78, 5) is 10.9. The Morgan fingerprint density at radius 1 is 1.61 bits per heavy atom. The summed E-state index contributed by atoms with van der Waals surface area (Å²) >= 11 is 1.54. The van der Waals surface area contributed by atoms with Crippen molar-refractivity contribution in [3.05, 3.63) is 23.8 Å². The predicted molar refractivity (Wildman–Crippen MR) is 69.0 cm³/mol. The van der Waals surface area contributed by atoms with Gasteiger partial charge < -0.3 is 14.9 Å². The lowest BCUT2D eigenvalue weighted by Gasteiger charge is -2.13. The molecule has 1 aliphatic rings. The number of phenols is 1. The van der Waals surface area contributed by atoms with Crippen molar-refractivity contribution >= 4 is 17.7 Å². The minimum absolute atomic E-state index is 0.0779. The number of hydrogen-bond donors (Lipinski definition) is 3. The Bertz CT molecular complexity index is 452. The van der Waals surface area contributed by atoms with Crippen LogP contribution in [-0.4, -0.2) is 34.6 Å². The highest BCUT2D eigenvalue weighted by Gasteiger charge is 2.30. The summed E-state index contributed by atoms with van der Waals surface area (Å²) in [6, 6.07) is 4.56. The zero-order valence-electron chi connectivity index (χ0n) is 9.92. The molecule has 1 aromatic carbocycles. The molecule has 0 bridgehead atoms. The number of carboxylic acids is 1. The standard InChI is InChI=1S/C12H15NO4S/c1-2-17-10-5-7(3-4-9(10)14)11-13-8(6-18-11)12(15)16/h3-5,8,11,13-14H,2,6H2,1H3,(H,15,16). The molecule has 1 heterocycles. The lowest BCUT2D eigenvalue weighted by Crippen LogP contribution is -2.33. The van der Waals surface area contributed by atoms with E-state index in [-0.39, 0.29) is 11.1 Å². The number of rotatable bonds is 4. The van der Waals surface area contributed by atoms with E-state index in [1.807, 2.05) is 6.92 Å². The molecule has 1 saturated heterocycles. The van der Waals surface area contributed by atoms with Gasteiger partial charge in [0.2, 0.25) is 0 Å². The number of aromatic hydroxyl groups is 1. The molecule has 18 heavy (non-hydrogen) atoms. The van der Waals surface area contributed by atoms with Crippen LogP contribution in [0.1, 0.15) is 17.9 Å². The Labute approximate surface area is 109 Å². The molecule has 3 N–H and O–H groups in total. The number of carboxylic acid groups (broad SMARTS) is 1. The second-order valence-electron chi connectivity index (χ2n) is 3.93. The van der Waals surface area contributed by atoms with Crippen molar-refractivity contribution in [2.75, 3.05) is 12.4 Å². The van der Waals surface area contributed by atoms with Gasteiger partial charge in [0, 0.05) is 5.75 Å². The van der Waals surface area contributed by atoms with Crippen molar-refractivity contribution in [3.8, 4) is 11.5 Å². The second-order valence-corrected chi connectivity index (χ2v) is 5.07. The molecule has 0 radical (unpaired) electrons. The first kappa shape index (κ1) is 13.0. The van der Waals surface area contributed by atoms with Gasteiger partial charge in [-0.2, -0.15) is 0 Å². The van der Waals surface area contributed by atoms with E-state index in [2.05, 4.69) is 5.32 Å². The quantitative estimate of drug-likeness (QED) is 0.770. The van der Waals surface area contributed by atoms with E-state index in [4.69, 9.17) is 9.84 Å². The number of ether oxygens (including phenoxy) is 1. The fraction of sp³-hybridized carbons (Fsp3) is 0.417.